The van der Waals surface area contributed by atoms with E-state index in [1.807, 2.05) is 7.05 Å². The summed E-state index contributed by atoms with van der Waals surface area (Å²) >= 11 is 3.24. The number of benzene rings is 1. The van der Waals surface area contributed by atoms with Crippen LogP contribution in [0.5, 0.6) is 0 Å². The maximum absolute atomic E-state index is 14.3. The Balaban J connectivity index is 1.95. The first-order chi connectivity index (χ1) is 13.4. The fourth-order valence-electron chi connectivity index (χ4n) is 2.73. The van der Waals surface area contributed by atoms with Gasteiger partial charge in [-0.15, -0.1) is 5.17 Å². The van der Waals surface area contributed by atoms with Crippen LogP contribution in [0.4, 0.5) is 21.5 Å². The minimum absolute atomic E-state index is 0.189. The average Bonchev–Trinajstić information content (AvgIpc) is 3.12. The third-order valence-corrected chi connectivity index (χ3v) is 4.71. The van der Waals surface area contributed by atoms with Crippen molar-refractivity contribution in [2.75, 3.05) is 37.2 Å². The predicted octanol–water partition coefficient (Wildman–Crippen LogP) is 2.21. The van der Waals surface area contributed by atoms with E-state index in [0.29, 0.717) is 40.4 Å². The Hall–Kier alpha value is -2.43. The van der Waals surface area contributed by atoms with Crippen LogP contribution in [-0.4, -0.2) is 37.1 Å². The van der Waals surface area contributed by atoms with E-state index in [9.17, 15) is 9.18 Å². The third kappa shape index (κ3) is 4.34. The molecule has 2 aromatic rings. The van der Waals surface area contributed by atoms with Gasteiger partial charge in [0.1, 0.15) is 11.5 Å². The van der Waals surface area contributed by atoms with Crippen molar-refractivity contribution in [2.45, 2.75) is 6.92 Å². The van der Waals surface area contributed by atoms with E-state index in [4.69, 9.17) is 4.84 Å². The molecule has 1 saturated heterocycles. The van der Waals surface area contributed by atoms with Gasteiger partial charge in [-0.25, -0.2) is 4.39 Å². The van der Waals surface area contributed by atoms with Crippen LogP contribution in [0.15, 0.2) is 38.7 Å². The lowest BCUT2D eigenvalue weighted by Crippen LogP contribution is -2.32. The molecule has 150 valence electrons. The highest BCUT2D eigenvalue weighted by atomic mass is 79.9. The molecule has 3 rings (SSSR count). The summed E-state index contributed by atoms with van der Waals surface area (Å²) in [5.74, 6) is 0.0903. The largest absolute Gasteiger partial charge is 0.351 e. The zero-order chi connectivity index (χ0) is 20.3. The maximum Gasteiger partial charge on any atom is 0.255 e. The molecule has 0 bridgehead atoms. The summed E-state index contributed by atoms with van der Waals surface area (Å²) in [5.41, 5.74) is 4.57. The van der Waals surface area contributed by atoms with Gasteiger partial charge in [-0.2, -0.15) is 5.43 Å². The Morgan fingerprint density at radius 1 is 1.43 bits per heavy atom. The molecule has 0 spiro atoms. The number of aromatic nitrogens is 1. The van der Waals surface area contributed by atoms with Gasteiger partial charge in [-0.3, -0.25) is 9.79 Å². The van der Waals surface area contributed by atoms with Gasteiger partial charge < -0.3 is 20.0 Å². The van der Waals surface area contributed by atoms with Crippen LogP contribution in [0.25, 0.3) is 0 Å². The van der Waals surface area contributed by atoms with Crippen LogP contribution in [0.1, 0.15) is 5.56 Å². The number of aryl methyl sites for hydroxylation is 1. The molecule has 1 aliphatic heterocycles. The molecule has 8 nitrogen and oxygen atoms in total. The van der Waals surface area contributed by atoms with Crippen LogP contribution in [-0.2, 0) is 11.9 Å². The topological polar surface area (TPSA) is 82.9 Å². The van der Waals surface area contributed by atoms with Gasteiger partial charge in [0, 0.05) is 29.8 Å². The number of nitrogens with one attached hydrogen (secondary N) is 3. The number of halogens is 2. The zero-order valence-electron chi connectivity index (χ0n) is 15.8. The van der Waals surface area contributed by atoms with Gasteiger partial charge in [0.15, 0.2) is 0 Å². The lowest BCUT2D eigenvalue weighted by atomic mass is 10.2. The van der Waals surface area contributed by atoms with E-state index in [0.717, 1.165) is 6.54 Å². The van der Waals surface area contributed by atoms with Gasteiger partial charge >= 0.3 is 0 Å². The third-order valence-electron chi connectivity index (χ3n) is 4.22. The lowest BCUT2D eigenvalue weighted by Gasteiger charge is -2.22. The van der Waals surface area contributed by atoms with Crippen molar-refractivity contribution >= 4 is 38.9 Å². The monoisotopic (exact) mass is 452 g/mol. The van der Waals surface area contributed by atoms with Crippen LogP contribution in [0.2, 0.25) is 0 Å². The maximum atomic E-state index is 14.3. The molecule has 1 aromatic carbocycles. The van der Waals surface area contributed by atoms with E-state index in [-0.39, 0.29) is 11.2 Å². The van der Waals surface area contributed by atoms with Crippen molar-refractivity contribution in [1.82, 2.24) is 15.3 Å². The number of aliphatic imine (C=N–C) groups is 1. The number of rotatable bonds is 6. The Morgan fingerprint density at radius 2 is 2.21 bits per heavy atom. The van der Waals surface area contributed by atoms with Crippen molar-refractivity contribution in [2.24, 2.45) is 12.0 Å². The molecule has 0 radical (unpaired) electrons. The Morgan fingerprint density at radius 3 is 2.93 bits per heavy atom. The van der Waals surface area contributed by atoms with Crippen LogP contribution < -0.4 is 26.8 Å². The Labute approximate surface area is 170 Å². The minimum atomic E-state index is -0.440. The van der Waals surface area contributed by atoms with Crippen LogP contribution in [0.3, 0.4) is 0 Å². The van der Waals surface area contributed by atoms with Crippen molar-refractivity contribution in [3.05, 3.63) is 50.6 Å². The van der Waals surface area contributed by atoms with Gasteiger partial charge in [0.05, 0.1) is 24.5 Å². The van der Waals surface area contributed by atoms with Gasteiger partial charge in [0.25, 0.3) is 5.56 Å². The highest BCUT2D eigenvalue weighted by molar-refractivity contribution is 9.10. The molecule has 1 fully saturated rings. The molecule has 1 aliphatic rings. The standard InChI is InChI=1S/C18H22BrFN6O2/c1-11-17(24-14-5-4-12(19)8-13(14)20)15(10-25(3)18(11)27)26-23-9-16(28-26)22-7-6-21-2/h4-5,8,10,21,23-24H,6-7,9H2,1-3H3. The fraction of sp³-hybridized carbons (Fsp3) is 0.333. The highest BCUT2D eigenvalue weighted by Crippen LogP contribution is 2.32. The molecular formula is C18H22BrFN6O2. The number of nitrogens with zero attached hydrogens (tertiary/aromatic N) is 3. The molecule has 10 heteroatoms. The zero-order valence-corrected chi connectivity index (χ0v) is 17.4. The predicted molar refractivity (Wildman–Crippen MR) is 112 cm³/mol. The van der Waals surface area contributed by atoms with E-state index in [1.165, 1.54) is 15.8 Å². The Bertz CT molecular complexity index is 962. The molecule has 3 N–H and O–H groups in total. The molecule has 28 heavy (non-hydrogen) atoms. The molecule has 0 saturated carbocycles. The molecule has 0 aliphatic carbocycles. The van der Waals surface area contributed by atoms with Crippen molar-refractivity contribution in [3.8, 4) is 0 Å². The first-order valence-corrected chi connectivity index (χ1v) is 9.52. The number of hydrogen-bond donors (Lipinski definition) is 3. The normalized spacial score (nSPS) is 15.2. The average molecular weight is 453 g/mol. The van der Waals surface area contributed by atoms with E-state index in [1.54, 1.807) is 32.3 Å². The van der Waals surface area contributed by atoms with Gasteiger partial charge in [-0.05, 0) is 32.2 Å². The van der Waals surface area contributed by atoms with Crippen molar-refractivity contribution < 1.29 is 9.23 Å². The van der Waals surface area contributed by atoms with E-state index < -0.39 is 5.82 Å². The van der Waals surface area contributed by atoms with E-state index >= 15 is 0 Å². The van der Waals surface area contributed by atoms with Crippen molar-refractivity contribution in [1.29, 1.82) is 0 Å². The summed E-state index contributed by atoms with van der Waals surface area (Å²) in [5, 5.41) is 7.48. The van der Waals surface area contributed by atoms with E-state index in [2.05, 4.69) is 37.0 Å². The summed E-state index contributed by atoms with van der Waals surface area (Å²) in [7, 11) is 3.51. The second-order valence-electron chi connectivity index (χ2n) is 6.28. The first-order valence-electron chi connectivity index (χ1n) is 8.72. The number of likely N-dealkylation sites (N-methyl/N-ethyl adjacent to an activating group) is 1. The molecule has 0 amide bonds. The highest BCUT2D eigenvalue weighted by Gasteiger charge is 2.25. The smallest absolute Gasteiger partial charge is 0.255 e. The second-order valence-corrected chi connectivity index (χ2v) is 7.19. The van der Waals surface area contributed by atoms with Gasteiger partial charge in [0.2, 0.25) is 5.90 Å². The molecule has 2 heterocycles. The number of pyridine rings is 1. The summed E-state index contributed by atoms with van der Waals surface area (Å²) in [6.07, 6.45) is 1.62. The second kappa shape index (κ2) is 8.72. The fourth-order valence-corrected chi connectivity index (χ4v) is 3.06. The lowest BCUT2D eigenvalue weighted by molar-refractivity contribution is 0.274. The quantitative estimate of drug-likeness (QED) is 0.582. The van der Waals surface area contributed by atoms with Gasteiger partial charge in [-0.1, -0.05) is 15.9 Å². The number of hydrazine groups is 1. The Kier molecular flexibility index (Phi) is 6.32. The summed E-state index contributed by atoms with van der Waals surface area (Å²) in [6, 6.07) is 4.68. The number of anilines is 3. The van der Waals surface area contributed by atoms with Crippen LogP contribution in [0, 0.1) is 12.7 Å². The summed E-state index contributed by atoms with van der Waals surface area (Å²) in [6.45, 7) is 3.42. The SMILES string of the molecule is CNCCN=C1CNN(c2cn(C)c(=O)c(C)c2Nc2ccc(Br)cc2F)O1. The summed E-state index contributed by atoms with van der Waals surface area (Å²) < 4.78 is 16.4. The molecular weight excluding hydrogens is 431 g/mol. The molecule has 0 atom stereocenters. The summed E-state index contributed by atoms with van der Waals surface area (Å²) in [4.78, 5) is 22.6. The molecule has 0 unspecified atom stereocenters. The number of hydrogen-bond acceptors (Lipinski definition) is 7. The van der Waals surface area contributed by atoms with Crippen LogP contribution >= 0.6 is 15.9 Å². The first kappa shape index (κ1) is 20.3. The van der Waals surface area contributed by atoms with Crippen molar-refractivity contribution in [3.63, 3.8) is 0 Å². The minimum Gasteiger partial charge on any atom is -0.351 e. The molecule has 1 aromatic heterocycles.